The first-order valence-corrected chi connectivity index (χ1v) is 13.4. The molecular formula is C27H26BrN3O2S. The molecule has 0 saturated heterocycles. The Morgan fingerprint density at radius 2 is 2.00 bits per heavy atom. The van der Waals surface area contributed by atoms with Crippen LogP contribution in [0.3, 0.4) is 0 Å². The third kappa shape index (κ3) is 4.64. The lowest BCUT2D eigenvalue weighted by Crippen LogP contribution is -2.22. The van der Waals surface area contributed by atoms with Crippen molar-refractivity contribution in [2.24, 2.45) is 5.92 Å². The highest BCUT2D eigenvalue weighted by Gasteiger charge is 2.29. The van der Waals surface area contributed by atoms with Crippen LogP contribution in [0.1, 0.15) is 71.5 Å². The molecule has 0 radical (unpaired) electrons. The average molecular weight is 536 g/mol. The van der Waals surface area contributed by atoms with E-state index in [0.29, 0.717) is 24.3 Å². The normalized spacial score (nSPS) is 18.3. The number of Topliss-reactive ketones (excluding diaryl/α,β-unsaturated/α-hetero) is 2. The predicted molar refractivity (Wildman–Crippen MR) is 140 cm³/mol. The van der Waals surface area contributed by atoms with Crippen LogP contribution in [-0.4, -0.2) is 26.1 Å². The van der Waals surface area contributed by atoms with Crippen molar-refractivity contribution in [3.05, 3.63) is 69.0 Å². The maximum absolute atomic E-state index is 12.9. The van der Waals surface area contributed by atoms with Crippen molar-refractivity contribution in [3.8, 4) is 11.5 Å². The third-order valence-corrected chi connectivity index (χ3v) is 8.33. The van der Waals surface area contributed by atoms with Gasteiger partial charge in [0.05, 0.1) is 19.7 Å². The number of halogens is 1. The quantitative estimate of drug-likeness (QED) is 0.229. The molecule has 4 aromatic rings. The summed E-state index contributed by atoms with van der Waals surface area (Å²) >= 11 is 4.97. The Morgan fingerprint density at radius 3 is 2.74 bits per heavy atom. The van der Waals surface area contributed by atoms with E-state index >= 15 is 0 Å². The molecule has 174 valence electrons. The number of carbonyl (C=O) groups excluding carboxylic acids is 2. The zero-order chi connectivity index (χ0) is 23.7. The largest absolute Gasteiger partial charge is 0.320 e. The van der Waals surface area contributed by atoms with Crippen LogP contribution >= 0.6 is 27.3 Å². The minimum atomic E-state index is 0.118. The summed E-state index contributed by atoms with van der Waals surface area (Å²) in [6, 6.07) is 15.8. The Labute approximate surface area is 211 Å². The van der Waals surface area contributed by atoms with Gasteiger partial charge in [-0.05, 0) is 83.6 Å². The van der Waals surface area contributed by atoms with E-state index in [-0.39, 0.29) is 17.6 Å². The standard InChI is InChI=1S/C27H26BrN3O2S/c1-2-23(32)18-9-10-22-21(16-18)30-27(20-8-3-4-13-29-20)31(22)19-7-5-6-17(14-19)15-24(33)25-11-12-26(28)34-25/h3-4,8-13,16-17,19H,2,5-7,14-15H2,1H3. The summed E-state index contributed by atoms with van der Waals surface area (Å²) < 4.78 is 3.29. The number of nitrogens with zero attached hydrogens (tertiary/aromatic N) is 3. The molecule has 0 spiro atoms. The Bertz CT molecular complexity index is 1340. The van der Waals surface area contributed by atoms with E-state index in [0.717, 1.165) is 56.9 Å². The summed E-state index contributed by atoms with van der Waals surface area (Å²) in [6.45, 7) is 1.88. The van der Waals surface area contributed by atoms with Crippen molar-refractivity contribution in [2.75, 3.05) is 0 Å². The molecule has 5 nitrogen and oxygen atoms in total. The van der Waals surface area contributed by atoms with Gasteiger partial charge in [-0.1, -0.05) is 19.4 Å². The highest BCUT2D eigenvalue weighted by molar-refractivity contribution is 9.11. The van der Waals surface area contributed by atoms with E-state index in [1.165, 1.54) is 11.3 Å². The second kappa shape index (κ2) is 9.92. The number of thiophene rings is 1. The molecule has 0 bridgehead atoms. The number of rotatable bonds is 7. The summed E-state index contributed by atoms with van der Waals surface area (Å²) in [5.74, 6) is 1.51. The van der Waals surface area contributed by atoms with Crippen molar-refractivity contribution in [2.45, 2.75) is 51.5 Å². The number of pyridine rings is 1. The fourth-order valence-electron chi connectivity index (χ4n) is 5.03. The van der Waals surface area contributed by atoms with Gasteiger partial charge in [0, 0.05) is 30.6 Å². The van der Waals surface area contributed by atoms with Gasteiger partial charge < -0.3 is 4.57 Å². The van der Waals surface area contributed by atoms with E-state index in [1.54, 1.807) is 6.20 Å². The third-order valence-electron chi connectivity index (χ3n) is 6.67. The summed E-state index contributed by atoms with van der Waals surface area (Å²) in [6.07, 6.45) is 6.94. The fraction of sp³-hybridized carbons (Fsp3) is 0.333. The van der Waals surface area contributed by atoms with Crippen LogP contribution in [-0.2, 0) is 0 Å². The van der Waals surface area contributed by atoms with E-state index in [1.807, 2.05) is 55.5 Å². The van der Waals surface area contributed by atoms with Crippen molar-refractivity contribution < 1.29 is 9.59 Å². The van der Waals surface area contributed by atoms with Crippen LogP contribution < -0.4 is 0 Å². The SMILES string of the molecule is CCC(=O)c1ccc2c(c1)nc(-c1ccccn1)n2C1CCCC(CC(=O)c2ccc(Br)s2)C1. The molecule has 34 heavy (non-hydrogen) atoms. The number of carbonyl (C=O) groups is 2. The van der Waals surface area contributed by atoms with Gasteiger partial charge in [0.1, 0.15) is 5.69 Å². The topological polar surface area (TPSA) is 64.8 Å². The van der Waals surface area contributed by atoms with Gasteiger partial charge >= 0.3 is 0 Å². The summed E-state index contributed by atoms with van der Waals surface area (Å²) in [4.78, 5) is 35.5. The number of hydrogen-bond acceptors (Lipinski definition) is 5. The average Bonchev–Trinajstić information content (AvgIpc) is 3.47. The summed E-state index contributed by atoms with van der Waals surface area (Å²) in [5.41, 5.74) is 3.36. The molecule has 1 aromatic carbocycles. The molecule has 3 aromatic heterocycles. The molecule has 0 aliphatic heterocycles. The van der Waals surface area contributed by atoms with Crippen molar-refractivity contribution in [3.63, 3.8) is 0 Å². The zero-order valence-corrected chi connectivity index (χ0v) is 21.4. The number of imidazole rings is 1. The van der Waals surface area contributed by atoms with E-state index < -0.39 is 0 Å². The van der Waals surface area contributed by atoms with Crippen LogP contribution in [0.4, 0.5) is 0 Å². The van der Waals surface area contributed by atoms with Crippen molar-refractivity contribution in [1.29, 1.82) is 0 Å². The molecule has 1 aliphatic rings. The molecule has 1 saturated carbocycles. The van der Waals surface area contributed by atoms with Gasteiger partial charge in [0.2, 0.25) is 0 Å². The monoisotopic (exact) mass is 535 g/mol. The molecule has 2 atom stereocenters. The number of benzene rings is 1. The Kier molecular flexibility index (Phi) is 6.75. The molecule has 7 heteroatoms. The minimum Gasteiger partial charge on any atom is -0.320 e. The predicted octanol–water partition coefficient (Wildman–Crippen LogP) is 7.52. The Balaban J connectivity index is 1.49. The van der Waals surface area contributed by atoms with Crippen molar-refractivity contribution >= 4 is 49.9 Å². The number of hydrogen-bond donors (Lipinski definition) is 0. The van der Waals surface area contributed by atoms with E-state index in [4.69, 9.17) is 4.98 Å². The second-order valence-electron chi connectivity index (χ2n) is 8.92. The van der Waals surface area contributed by atoms with Gasteiger partial charge in [-0.3, -0.25) is 14.6 Å². The fourth-order valence-corrected chi connectivity index (χ4v) is 6.37. The van der Waals surface area contributed by atoms with E-state index in [9.17, 15) is 9.59 Å². The van der Waals surface area contributed by atoms with Crippen LogP contribution in [0.15, 0.2) is 58.5 Å². The highest BCUT2D eigenvalue weighted by atomic mass is 79.9. The first kappa shape index (κ1) is 23.1. The molecule has 1 aliphatic carbocycles. The maximum Gasteiger partial charge on any atom is 0.173 e. The molecule has 0 N–H and O–H groups in total. The molecule has 2 unspecified atom stereocenters. The zero-order valence-electron chi connectivity index (χ0n) is 19.0. The van der Waals surface area contributed by atoms with Gasteiger partial charge in [-0.25, -0.2) is 4.98 Å². The minimum absolute atomic E-state index is 0.118. The molecular weight excluding hydrogens is 510 g/mol. The Hall–Kier alpha value is -2.64. The van der Waals surface area contributed by atoms with Crippen LogP contribution in [0.2, 0.25) is 0 Å². The Morgan fingerprint density at radius 1 is 1.12 bits per heavy atom. The summed E-state index contributed by atoms with van der Waals surface area (Å²) in [5, 5.41) is 0. The first-order chi connectivity index (χ1) is 16.5. The van der Waals surface area contributed by atoms with Crippen LogP contribution in [0.5, 0.6) is 0 Å². The van der Waals surface area contributed by atoms with Crippen LogP contribution in [0, 0.1) is 5.92 Å². The second-order valence-corrected chi connectivity index (χ2v) is 11.4. The number of aromatic nitrogens is 3. The molecule has 1 fully saturated rings. The number of ketones is 2. The first-order valence-electron chi connectivity index (χ1n) is 11.8. The smallest absolute Gasteiger partial charge is 0.173 e. The van der Waals surface area contributed by atoms with Gasteiger partial charge in [-0.2, -0.15) is 0 Å². The number of fused-ring (bicyclic) bond motifs is 1. The van der Waals surface area contributed by atoms with E-state index in [2.05, 4.69) is 25.5 Å². The lowest BCUT2D eigenvalue weighted by molar-refractivity contribution is 0.0944. The van der Waals surface area contributed by atoms with Gasteiger partial charge in [-0.15, -0.1) is 11.3 Å². The van der Waals surface area contributed by atoms with Crippen LogP contribution in [0.25, 0.3) is 22.6 Å². The maximum atomic E-state index is 12.9. The lowest BCUT2D eigenvalue weighted by atomic mass is 9.82. The molecule has 5 rings (SSSR count). The molecule has 3 heterocycles. The lowest BCUT2D eigenvalue weighted by Gasteiger charge is -2.31. The molecule has 0 amide bonds. The summed E-state index contributed by atoms with van der Waals surface area (Å²) in [7, 11) is 0. The van der Waals surface area contributed by atoms with Gasteiger partial charge in [0.25, 0.3) is 0 Å². The highest BCUT2D eigenvalue weighted by Crippen LogP contribution is 2.40. The van der Waals surface area contributed by atoms with Crippen molar-refractivity contribution in [1.82, 2.24) is 14.5 Å². The van der Waals surface area contributed by atoms with Gasteiger partial charge in [0.15, 0.2) is 17.4 Å².